The SMILES string of the molecule is CNc1nnc(-c2ccc3c(c2)C(c2cccc(-n4cnc(C)c4)n2)=CC3)s1. The van der Waals surface area contributed by atoms with E-state index in [9.17, 15) is 0 Å². The average Bonchev–Trinajstić information content (AvgIpc) is 3.46. The summed E-state index contributed by atoms with van der Waals surface area (Å²) in [4.78, 5) is 9.18. The van der Waals surface area contributed by atoms with Gasteiger partial charge in [0.05, 0.1) is 11.4 Å². The van der Waals surface area contributed by atoms with Crippen LogP contribution in [0.4, 0.5) is 5.13 Å². The maximum atomic E-state index is 4.88. The zero-order valence-electron chi connectivity index (χ0n) is 15.5. The summed E-state index contributed by atoms with van der Waals surface area (Å²) in [7, 11) is 1.86. The molecule has 3 heterocycles. The second kappa shape index (κ2) is 6.69. The lowest BCUT2D eigenvalue weighted by Crippen LogP contribution is -1.98. The van der Waals surface area contributed by atoms with Crippen LogP contribution < -0.4 is 5.32 Å². The van der Waals surface area contributed by atoms with Crippen molar-refractivity contribution in [3.05, 3.63) is 77.5 Å². The first-order valence-corrected chi connectivity index (χ1v) is 9.86. The van der Waals surface area contributed by atoms with Crippen molar-refractivity contribution >= 4 is 22.0 Å². The van der Waals surface area contributed by atoms with Gasteiger partial charge in [-0.05, 0) is 42.7 Å². The highest BCUT2D eigenvalue weighted by molar-refractivity contribution is 7.18. The van der Waals surface area contributed by atoms with Crippen molar-refractivity contribution in [3.8, 4) is 16.4 Å². The molecule has 5 rings (SSSR count). The van der Waals surface area contributed by atoms with Crippen molar-refractivity contribution in [2.75, 3.05) is 12.4 Å². The van der Waals surface area contributed by atoms with Gasteiger partial charge in [-0.1, -0.05) is 35.6 Å². The average molecular weight is 386 g/mol. The number of hydrogen-bond donors (Lipinski definition) is 1. The lowest BCUT2D eigenvalue weighted by atomic mass is 10.0. The number of allylic oxidation sites excluding steroid dienone is 1. The number of pyridine rings is 1. The Morgan fingerprint density at radius 3 is 2.86 bits per heavy atom. The Morgan fingerprint density at radius 2 is 2.07 bits per heavy atom. The van der Waals surface area contributed by atoms with E-state index in [4.69, 9.17) is 4.98 Å². The third-order valence-electron chi connectivity index (χ3n) is 4.80. The molecule has 7 heteroatoms. The normalized spacial score (nSPS) is 12.7. The molecule has 1 aliphatic carbocycles. The van der Waals surface area contributed by atoms with E-state index in [1.165, 1.54) is 11.1 Å². The molecule has 0 unspecified atom stereocenters. The van der Waals surface area contributed by atoms with Gasteiger partial charge in [0, 0.05) is 24.4 Å². The fraction of sp³-hybridized carbons (Fsp3) is 0.143. The van der Waals surface area contributed by atoms with Crippen molar-refractivity contribution < 1.29 is 0 Å². The van der Waals surface area contributed by atoms with Crippen LogP contribution in [0, 0.1) is 6.92 Å². The molecular weight excluding hydrogens is 368 g/mol. The lowest BCUT2D eigenvalue weighted by molar-refractivity contribution is 0.987. The van der Waals surface area contributed by atoms with Crippen LogP contribution in [0.1, 0.15) is 22.5 Å². The number of aromatic nitrogens is 5. The van der Waals surface area contributed by atoms with E-state index in [1.54, 1.807) is 17.7 Å². The smallest absolute Gasteiger partial charge is 0.205 e. The van der Waals surface area contributed by atoms with Gasteiger partial charge in [0.25, 0.3) is 0 Å². The number of nitrogens with zero attached hydrogens (tertiary/aromatic N) is 5. The van der Waals surface area contributed by atoms with Crippen LogP contribution in [-0.2, 0) is 6.42 Å². The molecule has 138 valence electrons. The van der Waals surface area contributed by atoms with Gasteiger partial charge in [0.2, 0.25) is 5.13 Å². The number of imidazole rings is 1. The highest BCUT2D eigenvalue weighted by Gasteiger charge is 2.19. The minimum Gasteiger partial charge on any atom is -0.363 e. The van der Waals surface area contributed by atoms with Crippen LogP contribution in [0.5, 0.6) is 0 Å². The molecule has 1 N–H and O–H groups in total. The second-order valence-electron chi connectivity index (χ2n) is 6.66. The van der Waals surface area contributed by atoms with Crippen molar-refractivity contribution in [2.45, 2.75) is 13.3 Å². The molecule has 6 nitrogen and oxygen atoms in total. The molecule has 0 fully saturated rings. The first kappa shape index (κ1) is 16.8. The molecule has 0 atom stereocenters. The Bertz CT molecular complexity index is 1200. The first-order chi connectivity index (χ1) is 13.7. The zero-order chi connectivity index (χ0) is 19.1. The number of nitrogens with one attached hydrogen (secondary N) is 1. The summed E-state index contributed by atoms with van der Waals surface area (Å²) in [5.41, 5.74) is 6.70. The van der Waals surface area contributed by atoms with E-state index in [1.807, 2.05) is 36.9 Å². The molecule has 0 aliphatic heterocycles. The molecule has 0 saturated carbocycles. The van der Waals surface area contributed by atoms with Gasteiger partial charge in [-0.15, -0.1) is 10.2 Å². The summed E-state index contributed by atoms with van der Waals surface area (Å²) in [6.07, 6.45) is 6.94. The number of anilines is 1. The third kappa shape index (κ3) is 2.90. The first-order valence-electron chi connectivity index (χ1n) is 9.05. The van der Waals surface area contributed by atoms with Crippen LogP contribution in [0.3, 0.4) is 0 Å². The zero-order valence-corrected chi connectivity index (χ0v) is 16.4. The summed E-state index contributed by atoms with van der Waals surface area (Å²) >= 11 is 1.55. The fourth-order valence-corrected chi connectivity index (χ4v) is 4.10. The minimum atomic E-state index is 0.816. The Labute approximate surface area is 166 Å². The van der Waals surface area contributed by atoms with Crippen LogP contribution in [-0.4, -0.2) is 31.8 Å². The van der Waals surface area contributed by atoms with Crippen LogP contribution in [0.25, 0.3) is 22.0 Å². The van der Waals surface area contributed by atoms with Crippen molar-refractivity contribution in [1.82, 2.24) is 24.7 Å². The van der Waals surface area contributed by atoms with E-state index >= 15 is 0 Å². The molecule has 0 amide bonds. The van der Waals surface area contributed by atoms with E-state index < -0.39 is 0 Å². The largest absolute Gasteiger partial charge is 0.363 e. The van der Waals surface area contributed by atoms with Crippen molar-refractivity contribution in [3.63, 3.8) is 0 Å². The predicted octanol–water partition coefficient (Wildman–Crippen LogP) is 4.12. The van der Waals surface area contributed by atoms with Gasteiger partial charge in [-0.2, -0.15) is 0 Å². The number of benzene rings is 1. The number of fused-ring (bicyclic) bond motifs is 1. The highest BCUT2D eigenvalue weighted by Crippen LogP contribution is 2.36. The van der Waals surface area contributed by atoms with Gasteiger partial charge in [0.1, 0.15) is 17.2 Å². The van der Waals surface area contributed by atoms with Crippen LogP contribution in [0.15, 0.2) is 55.0 Å². The Morgan fingerprint density at radius 1 is 1.14 bits per heavy atom. The summed E-state index contributed by atoms with van der Waals surface area (Å²) in [5.74, 6) is 0.867. The number of rotatable bonds is 4. The highest BCUT2D eigenvalue weighted by atomic mass is 32.1. The van der Waals surface area contributed by atoms with Gasteiger partial charge in [-0.3, -0.25) is 4.57 Å². The van der Waals surface area contributed by atoms with Crippen molar-refractivity contribution in [2.24, 2.45) is 0 Å². The van der Waals surface area contributed by atoms with Gasteiger partial charge >= 0.3 is 0 Å². The standard InChI is InChI=1S/C21H18N6S/c1-13-11-27(12-23-13)19-5-3-4-18(24-19)16-9-8-14-6-7-15(10-17(14)16)20-25-26-21(22-2)28-20/h3-7,9-12H,8H2,1-2H3,(H,22,26). The second-order valence-corrected chi connectivity index (χ2v) is 7.64. The number of aryl methyl sites for hydroxylation is 1. The molecule has 28 heavy (non-hydrogen) atoms. The van der Waals surface area contributed by atoms with Crippen molar-refractivity contribution in [1.29, 1.82) is 0 Å². The topological polar surface area (TPSA) is 68.5 Å². The molecule has 1 aromatic carbocycles. The van der Waals surface area contributed by atoms with E-state index in [0.717, 1.165) is 44.9 Å². The molecule has 0 radical (unpaired) electrons. The summed E-state index contributed by atoms with van der Waals surface area (Å²) < 4.78 is 1.95. The lowest BCUT2D eigenvalue weighted by Gasteiger charge is -2.09. The summed E-state index contributed by atoms with van der Waals surface area (Å²) in [6, 6.07) is 12.6. The van der Waals surface area contributed by atoms with E-state index in [2.05, 4.69) is 50.8 Å². The summed E-state index contributed by atoms with van der Waals surface area (Å²) in [5, 5.41) is 13.2. The summed E-state index contributed by atoms with van der Waals surface area (Å²) in [6.45, 7) is 1.98. The monoisotopic (exact) mass is 386 g/mol. The maximum absolute atomic E-state index is 4.88. The molecule has 0 bridgehead atoms. The molecule has 0 saturated heterocycles. The van der Waals surface area contributed by atoms with Gasteiger partial charge < -0.3 is 5.32 Å². The van der Waals surface area contributed by atoms with Crippen LogP contribution in [0.2, 0.25) is 0 Å². The van der Waals surface area contributed by atoms with E-state index in [-0.39, 0.29) is 0 Å². The molecule has 3 aromatic heterocycles. The molecular formula is C21H18N6S. The Kier molecular flexibility index (Phi) is 4.02. The molecule has 1 aliphatic rings. The van der Waals surface area contributed by atoms with Gasteiger partial charge in [0.15, 0.2) is 0 Å². The Balaban J connectivity index is 1.53. The van der Waals surface area contributed by atoms with E-state index in [0.29, 0.717) is 0 Å². The third-order valence-corrected chi connectivity index (χ3v) is 5.79. The maximum Gasteiger partial charge on any atom is 0.205 e. The fourth-order valence-electron chi connectivity index (χ4n) is 3.41. The minimum absolute atomic E-state index is 0.816. The Hall–Kier alpha value is -3.32. The quantitative estimate of drug-likeness (QED) is 0.571. The van der Waals surface area contributed by atoms with Crippen LogP contribution >= 0.6 is 11.3 Å². The molecule has 4 aromatic rings. The van der Waals surface area contributed by atoms with Gasteiger partial charge in [-0.25, -0.2) is 9.97 Å². The molecule has 0 spiro atoms. The number of hydrogen-bond acceptors (Lipinski definition) is 6. The predicted molar refractivity (Wildman–Crippen MR) is 112 cm³/mol.